The van der Waals surface area contributed by atoms with Crippen LogP contribution in [0.25, 0.3) is 0 Å². The number of halogens is 1. The molecule has 4 rings (SSSR count). The van der Waals surface area contributed by atoms with Crippen LogP contribution in [-0.2, 0) is 6.54 Å². The zero-order chi connectivity index (χ0) is 20.9. The number of likely N-dealkylation sites (tertiary alicyclic amines) is 1. The highest BCUT2D eigenvalue weighted by Gasteiger charge is 2.28. The van der Waals surface area contributed by atoms with Gasteiger partial charge in [0, 0.05) is 24.6 Å². The first-order valence-corrected chi connectivity index (χ1v) is 9.94. The Morgan fingerprint density at radius 1 is 1.20 bits per heavy atom. The van der Waals surface area contributed by atoms with Crippen LogP contribution < -0.4 is 10.5 Å². The number of amides is 1. The van der Waals surface area contributed by atoms with Gasteiger partial charge in [-0.2, -0.15) is 5.10 Å². The van der Waals surface area contributed by atoms with E-state index in [0.717, 1.165) is 12.0 Å². The lowest BCUT2D eigenvalue weighted by molar-refractivity contribution is 0.0790. The minimum Gasteiger partial charge on any atom is -0.492 e. The molecule has 2 N–H and O–H groups in total. The van der Waals surface area contributed by atoms with Crippen molar-refractivity contribution in [2.75, 3.05) is 19.7 Å². The van der Waals surface area contributed by atoms with Gasteiger partial charge in [-0.3, -0.25) is 9.48 Å². The van der Waals surface area contributed by atoms with Gasteiger partial charge in [-0.05, 0) is 48.4 Å². The summed E-state index contributed by atoms with van der Waals surface area (Å²) in [6.07, 6.45) is 3.95. The maximum Gasteiger partial charge on any atom is 0.253 e. The summed E-state index contributed by atoms with van der Waals surface area (Å²) in [6, 6.07) is 13.4. The Balaban J connectivity index is 1.29. The molecule has 1 amide bonds. The van der Waals surface area contributed by atoms with E-state index in [9.17, 15) is 9.18 Å². The van der Waals surface area contributed by atoms with E-state index >= 15 is 0 Å². The molecule has 0 spiro atoms. The predicted octanol–water partition coefficient (Wildman–Crippen LogP) is 2.45. The molecule has 0 saturated carbocycles. The van der Waals surface area contributed by atoms with Crippen LogP contribution >= 0.6 is 0 Å². The summed E-state index contributed by atoms with van der Waals surface area (Å²) in [5, 5.41) is 4.02. The largest absolute Gasteiger partial charge is 0.492 e. The lowest BCUT2D eigenvalue weighted by atomic mass is 9.99. The van der Waals surface area contributed by atoms with Crippen molar-refractivity contribution < 1.29 is 13.9 Å². The number of nitrogens with two attached hydrogens (primary N) is 1. The summed E-state index contributed by atoms with van der Waals surface area (Å²) in [7, 11) is 0. The number of nitrogens with zero attached hydrogens (tertiary/aromatic N) is 4. The number of benzene rings is 2. The third kappa shape index (κ3) is 4.83. The summed E-state index contributed by atoms with van der Waals surface area (Å²) in [5.74, 6) is 0.648. The van der Waals surface area contributed by atoms with E-state index in [1.54, 1.807) is 47.4 Å². The molecule has 2 heterocycles. The average Bonchev–Trinajstić information content (AvgIpc) is 3.45. The van der Waals surface area contributed by atoms with Crippen molar-refractivity contribution in [1.82, 2.24) is 19.7 Å². The molecular weight excluding hydrogens is 385 g/mol. The normalized spacial score (nSPS) is 17.1. The minimum absolute atomic E-state index is 0.00551. The molecular formula is C22H24FN5O2. The lowest BCUT2D eigenvalue weighted by Crippen LogP contribution is -2.32. The minimum atomic E-state index is -0.244. The number of hydrogen-bond donors (Lipinski definition) is 1. The fourth-order valence-corrected chi connectivity index (χ4v) is 3.65. The molecule has 30 heavy (non-hydrogen) atoms. The molecule has 0 bridgehead atoms. The molecule has 1 aliphatic heterocycles. The van der Waals surface area contributed by atoms with Crippen molar-refractivity contribution >= 4 is 5.91 Å². The van der Waals surface area contributed by atoms with E-state index < -0.39 is 0 Å². The molecule has 0 aliphatic carbocycles. The van der Waals surface area contributed by atoms with Gasteiger partial charge >= 0.3 is 0 Å². The molecule has 1 aliphatic rings. The van der Waals surface area contributed by atoms with Gasteiger partial charge < -0.3 is 15.4 Å². The molecule has 8 heteroatoms. The van der Waals surface area contributed by atoms with Gasteiger partial charge in [0.2, 0.25) is 0 Å². The lowest BCUT2D eigenvalue weighted by Gasteiger charge is -2.17. The molecule has 7 nitrogen and oxygen atoms in total. The van der Waals surface area contributed by atoms with Crippen LogP contribution in [0.4, 0.5) is 4.39 Å². The quantitative estimate of drug-likeness (QED) is 0.648. The van der Waals surface area contributed by atoms with E-state index in [1.165, 1.54) is 18.5 Å². The van der Waals surface area contributed by atoms with E-state index in [0.29, 0.717) is 37.6 Å². The number of ether oxygens (including phenoxy) is 1. The molecule has 1 fully saturated rings. The molecule has 1 aromatic heterocycles. The van der Waals surface area contributed by atoms with Crippen LogP contribution in [-0.4, -0.2) is 51.3 Å². The molecule has 2 atom stereocenters. The third-order valence-corrected chi connectivity index (χ3v) is 5.27. The average molecular weight is 409 g/mol. The number of hydrogen-bond acceptors (Lipinski definition) is 5. The van der Waals surface area contributed by atoms with Gasteiger partial charge in [0.25, 0.3) is 5.91 Å². The zero-order valence-electron chi connectivity index (χ0n) is 16.5. The molecule has 2 unspecified atom stereocenters. The second kappa shape index (κ2) is 9.04. The van der Waals surface area contributed by atoms with E-state index in [-0.39, 0.29) is 23.7 Å². The zero-order valence-corrected chi connectivity index (χ0v) is 16.5. The highest BCUT2D eigenvalue weighted by Crippen LogP contribution is 2.28. The monoisotopic (exact) mass is 409 g/mol. The first-order chi connectivity index (χ1) is 14.6. The predicted molar refractivity (Wildman–Crippen MR) is 110 cm³/mol. The van der Waals surface area contributed by atoms with Crippen molar-refractivity contribution in [1.29, 1.82) is 0 Å². The fourth-order valence-electron chi connectivity index (χ4n) is 3.65. The molecule has 2 aromatic carbocycles. The molecule has 1 saturated heterocycles. The second-order valence-corrected chi connectivity index (χ2v) is 7.50. The van der Waals surface area contributed by atoms with Crippen molar-refractivity contribution in [2.24, 2.45) is 5.73 Å². The van der Waals surface area contributed by atoms with E-state index in [2.05, 4.69) is 10.1 Å². The van der Waals surface area contributed by atoms with Crippen LogP contribution in [0.15, 0.2) is 61.2 Å². The summed E-state index contributed by atoms with van der Waals surface area (Å²) < 4.78 is 20.5. The maximum atomic E-state index is 13.1. The molecule has 156 valence electrons. The number of aromatic nitrogens is 3. The molecule has 0 radical (unpaired) electrons. The maximum absolute atomic E-state index is 13.1. The first-order valence-electron chi connectivity index (χ1n) is 9.94. The topological polar surface area (TPSA) is 86.3 Å². The van der Waals surface area contributed by atoms with Gasteiger partial charge in [0.05, 0.1) is 12.6 Å². The Bertz CT molecular complexity index is 960. The summed E-state index contributed by atoms with van der Waals surface area (Å²) >= 11 is 0. The third-order valence-electron chi connectivity index (χ3n) is 5.27. The summed E-state index contributed by atoms with van der Waals surface area (Å²) in [4.78, 5) is 18.5. The van der Waals surface area contributed by atoms with Crippen molar-refractivity contribution in [3.05, 3.63) is 78.1 Å². The first kappa shape index (κ1) is 20.0. The fraction of sp³-hybridized carbons (Fsp3) is 0.318. The molecule has 3 aromatic rings. The Labute approximate surface area is 174 Å². The van der Waals surface area contributed by atoms with E-state index in [1.807, 2.05) is 4.90 Å². The smallest absolute Gasteiger partial charge is 0.253 e. The highest BCUT2D eigenvalue weighted by molar-refractivity contribution is 5.94. The second-order valence-electron chi connectivity index (χ2n) is 7.50. The van der Waals surface area contributed by atoms with Crippen LogP contribution in [0.3, 0.4) is 0 Å². The highest BCUT2D eigenvalue weighted by atomic mass is 19.1. The van der Waals surface area contributed by atoms with Crippen molar-refractivity contribution in [2.45, 2.75) is 24.9 Å². The number of carbonyl (C=O) groups excluding carboxylic acids is 1. The van der Waals surface area contributed by atoms with Gasteiger partial charge in [-0.25, -0.2) is 9.37 Å². The Hall–Kier alpha value is -3.26. The van der Waals surface area contributed by atoms with Crippen molar-refractivity contribution in [3.63, 3.8) is 0 Å². The van der Waals surface area contributed by atoms with E-state index in [4.69, 9.17) is 10.5 Å². The Morgan fingerprint density at radius 2 is 1.97 bits per heavy atom. The number of rotatable bonds is 7. The van der Waals surface area contributed by atoms with Gasteiger partial charge in [-0.1, -0.05) is 12.1 Å². The van der Waals surface area contributed by atoms with Crippen LogP contribution in [0.5, 0.6) is 5.75 Å². The van der Waals surface area contributed by atoms with Crippen LogP contribution in [0.2, 0.25) is 0 Å². The summed E-state index contributed by atoms with van der Waals surface area (Å²) in [5.41, 5.74) is 7.73. The summed E-state index contributed by atoms with van der Waals surface area (Å²) in [6.45, 7) is 2.18. The Kier molecular flexibility index (Phi) is 6.04. The SMILES string of the molecule is NC(COc1ccc(C(=O)N2CCC(c3ccc(F)cc3)C2)cc1)Cn1cncn1. The standard InChI is InChI=1S/C22H24FN5O2/c23-19-5-1-16(2-6-19)18-9-10-27(11-18)22(29)17-3-7-21(8-4-17)30-13-20(24)12-28-15-25-14-26-28/h1-8,14-15,18,20H,9-13,24H2. The van der Waals surface area contributed by atoms with Gasteiger partial charge in [-0.15, -0.1) is 0 Å². The van der Waals surface area contributed by atoms with Gasteiger partial charge in [0.15, 0.2) is 0 Å². The van der Waals surface area contributed by atoms with Crippen LogP contribution in [0, 0.1) is 5.82 Å². The van der Waals surface area contributed by atoms with Crippen molar-refractivity contribution in [3.8, 4) is 5.75 Å². The Morgan fingerprint density at radius 3 is 2.67 bits per heavy atom. The number of carbonyl (C=O) groups is 1. The van der Waals surface area contributed by atoms with Gasteiger partial charge in [0.1, 0.15) is 30.8 Å². The van der Waals surface area contributed by atoms with Crippen LogP contribution in [0.1, 0.15) is 28.3 Å².